The maximum absolute atomic E-state index is 11.1. The summed E-state index contributed by atoms with van der Waals surface area (Å²) in [5, 5.41) is 15.1. The Kier molecular flexibility index (Phi) is 10.6. The molecule has 5 fully saturated rings. The number of hydrogen-bond acceptors (Lipinski definition) is 7. The van der Waals surface area contributed by atoms with Crippen LogP contribution in [0.3, 0.4) is 0 Å². The summed E-state index contributed by atoms with van der Waals surface area (Å²) >= 11 is 0. The van der Waals surface area contributed by atoms with Crippen LogP contribution < -0.4 is 0 Å². The van der Waals surface area contributed by atoms with Gasteiger partial charge in [0.1, 0.15) is 11.7 Å². The van der Waals surface area contributed by atoms with Crippen molar-refractivity contribution in [3.05, 3.63) is 94.9 Å². The summed E-state index contributed by atoms with van der Waals surface area (Å²) in [7, 11) is -2.38. The summed E-state index contributed by atoms with van der Waals surface area (Å²) in [6.45, 7) is 4.71. The summed E-state index contributed by atoms with van der Waals surface area (Å²) in [4.78, 5) is 2.57. The second-order valence-corrected chi connectivity index (χ2v) is 17.7. The number of fused-ring (bicyclic) bond motifs is 8. The van der Waals surface area contributed by atoms with Gasteiger partial charge in [0.2, 0.25) is 0 Å². The molecule has 3 aromatic rings. The highest BCUT2D eigenvalue weighted by atomic mass is 32.3. The first kappa shape index (κ1) is 38.0. The molecular weight excluding hydrogens is 689 g/mol. The Morgan fingerprint density at radius 1 is 0.925 bits per heavy atom. The van der Waals surface area contributed by atoms with Gasteiger partial charge in [-0.15, -0.1) is 6.42 Å². The SMILES string of the molecule is C#CC1(O)CCC2C3CCC4=Cc5oncc5CC4(C)C3CCC21C.CN1C2CCC1CC(OC(c1ccccc1)c1ccccc1)C2.O=S(=O)(O)O. The third kappa shape index (κ3) is 7.41. The fourth-order valence-electron chi connectivity index (χ4n) is 11.4. The number of aromatic nitrogens is 1. The molecule has 6 aliphatic rings. The van der Waals surface area contributed by atoms with Crippen LogP contribution in [0.4, 0.5) is 0 Å². The van der Waals surface area contributed by atoms with Crippen LogP contribution >= 0.6 is 0 Å². The number of hydrogen-bond donors (Lipinski definition) is 3. The van der Waals surface area contributed by atoms with Crippen LogP contribution in [0.25, 0.3) is 6.08 Å². The lowest BCUT2D eigenvalue weighted by molar-refractivity contribution is -0.0975. The molecule has 0 amide bonds. The number of aliphatic hydroxyl groups is 1. The molecule has 8 unspecified atom stereocenters. The van der Waals surface area contributed by atoms with Gasteiger partial charge in [0.05, 0.1) is 12.3 Å². The minimum absolute atomic E-state index is 0.0465. The summed E-state index contributed by atoms with van der Waals surface area (Å²) in [5.74, 6) is 5.64. The van der Waals surface area contributed by atoms with Crippen molar-refractivity contribution in [1.29, 1.82) is 0 Å². The van der Waals surface area contributed by atoms with E-state index >= 15 is 0 Å². The molecule has 8 atom stereocenters. The van der Waals surface area contributed by atoms with Gasteiger partial charge in [-0.3, -0.25) is 9.11 Å². The van der Waals surface area contributed by atoms with Crippen LogP contribution in [-0.4, -0.2) is 63.5 Å². The van der Waals surface area contributed by atoms with Gasteiger partial charge in [-0.1, -0.05) is 91.2 Å². The number of piperidine rings is 1. The van der Waals surface area contributed by atoms with Crippen molar-refractivity contribution in [2.24, 2.45) is 28.6 Å². The van der Waals surface area contributed by atoms with Gasteiger partial charge >= 0.3 is 10.4 Å². The molecule has 53 heavy (non-hydrogen) atoms. The van der Waals surface area contributed by atoms with Crippen LogP contribution in [0.15, 0.2) is 77.0 Å². The maximum atomic E-state index is 11.1. The molecule has 284 valence electrons. The molecule has 3 N–H and O–H groups in total. The molecule has 2 aromatic carbocycles. The molecule has 9 rings (SSSR count). The zero-order valence-corrected chi connectivity index (χ0v) is 31.9. The van der Waals surface area contributed by atoms with Crippen molar-refractivity contribution in [2.75, 3.05) is 7.05 Å². The van der Waals surface area contributed by atoms with Gasteiger partial charge < -0.3 is 19.3 Å². The number of ether oxygens (including phenoxy) is 1. The minimum atomic E-state index is -4.67. The molecule has 2 saturated heterocycles. The van der Waals surface area contributed by atoms with Crippen molar-refractivity contribution in [1.82, 2.24) is 10.1 Å². The van der Waals surface area contributed by atoms with E-state index in [1.54, 1.807) is 5.57 Å². The molecule has 2 aliphatic heterocycles. The largest absolute Gasteiger partial charge is 0.394 e. The van der Waals surface area contributed by atoms with Crippen molar-refractivity contribution in [3.8, 4) is 12.3 Å². The lowest BCUT2D eigenvalue weighted by Gasteiger charge is -2.58. The number of benzene rings is 2. The summed E-state index contributed by atoms with van der Waals surface area (Å²) in [6, 6.07) is 22.7. The van der Waals surface area contributed by atoms with E-state index in [2.05, 4.69) is 104 Å². The molecule has 4 aliphatic carbocycles. The average Bonchev–Trinajstić information content (AvgIpc) is 3.75. The van der Waals surface area contributed by atoms with E-state index in [1.807, 2.05) is 6.20 Å². The van der Waals surface area contributed by atoms with Crippen LogP contribution in [0.5, 0.6) is 0 Å². The Hall–Kier alpha value is -3.30. The topological polar surface area (TPSA) is 133 Å². The fraction of sp³-hybridized carbons (Fsp3) is 0.558. The van der Waals surface area contributed by atoms with Crippen molar-refractivity contribution in [2.45, 2.75) is 114 Å². The number of rotatable bonds is 4. The number of nitrogens with zero attached hydrogens (tertiary/aromatic N) is 2. The highest BCUT2D eigenvalue weighted by Crippen LogP contribution is 2.67. The van der Waals surface area contributed by atoms with E-state index in [4.69, 9.17) is 33.2 Å². The maximum Gasteiger partial charge on any atom is 0.394 e. The molecule has 0 spiro atoms. The Bertz CT molecular complexity index is 1860. The minimum Gasteiger partial charge on any atom is -0.377 e. The standard InChI is InChI=1S/C22H27NO2.C21H25NO.H2O4S/c1-4-22(24)10-8-18-16-6-5-15-11-19-14(13-23-25-19)12-20(15,2)17(16)7-9-21(18,22)3;1-22-18-12-13-19(22)15-20(14-18)23-21(16-8-4-2-5-9-16)17-10-6-3-7-11-17;1-5(2,3)4/h1,11,13,16-18,24H,5-10,12H2,2-3H3;2-11,18-21H,12-15H2,1H3;(H2,1,2,3,4). The van der Waals surface area contributed by atoms with Crippen LogP contribution in [0.2, 0.25) is 0 Å². The Morgan fingerprint density at radius 2 is 1.51 bits per heavy atom. The van der Waals surface area contributed by atoms with Gasteiger partial charge in [0, 0.05) is 23.1 Å². The van der Waals surface area contributed by atoms with Crippen LogP contribution in [-0.2, 0) is 21.6 Å². The van der Waals surface area contributed by atoms with E-state index in [-0.39, 0.29) is 16.9 Å². The predicted molar refractivity (Wildman–Crippen MR) is 204 cm³/mol. The van der Waals surface area contributed by atoms with Gasteiger partial charge in [0.15, 0.2) is 5.76 Å². The summed E-state index contributed by atoms with van der Waals surface area (Å²) < 4.78 is 43.7. The predicted octanol–water partition coefficient (Wildman–Crippen LogP) is 7.99. The lowest BCUT2D eigenvalue weighted by Crippen LogP contribution is -2.54. The Labute approximate surface area is 314 Å². The third-order valence-electron chi connectivity index (χ3n) is 14.3. The number of terminal acetylenes is 1. The molecule has 3 saturated carbocycles. The molecule has 2 bridgehead atoms. The first-order chi connectivity index (χ1) is 25.2. The first-order valence-electron chi connectivity index (χ1n) is 19.2. The zero-order valence-electron chi connectivity index (χ0n) is 31.1. The van der Waals surface area contributed by atoms with Crippen LogP contribution in [0.1, 0.15) is 107 Å². The summed E-state index contributed by atoms with van der Waals surface area (Å²) in [6.07, 6.45) is 22.8. The van der Waals surface area contributed by atoms with Crippen molar-refractivity contribution >= 4 is 16.5 Å². The first-order valence-corrected chi connectivity index (χ1v) is 20.6. The third-order valence-corrected chi connectivity index (χ3v) is 14.3. The molecule has 1 aromatic heterocycles. The molecular formula is C43H54N2O7S. The zero-order chi connectivity index (χ0) is 37.6. The van der Waals surface area contributed by atoms with Crippen molar-refractivity contribution < 1.29 is 31.9 Å². The second kappa shape index (κ2) is 14.7. The van der Waals surface area contributed by atoms with E-state index < -0.39 is 16.0 Å². The van der Waals surface area contributed by atoms with Gasteiger partial charge in [-0.2, -0.15) is 8.42 Å². The number of allylic oxidation sites excluding steroid dienone is 1. The Balaban J connectivity index is 0.000000146. The lowest BCUT2D eigenvalue weighted by atomic mass is 9.46. The molecule has 9 nitrogen and oxygen atoms in total. The monoisotopic (exact) mass is 742 g/mol. The van der Waals surface area contributed by atoms with Gasteiger partial charge in [-0.25, -0.2) is 0 Å². The normalized spacial score (nSPS) is 35.5. The highest BCUT2D eigenvalue weighted by Gasteiger charge is 2.63. The van der Waals surface area contributed by atoms with E-state index in [1.165, 1.54) is 48.8 Å². The van der Waals surface area contributed by atoms with Crippen molar-refractivity contribution in [3.63, 3.8) is 0 Å². The van der Waals surface area contributed by atoms with E-state index in [0.29, 0.717) is 35.9 Å². The van der Waals surface area contributed by atoms with Gasteiger partial charge in [0.25, 0.3) is 0 Å². The second-order valence-electron chi connectivity index (χ2n) is 16.8. The summed E-state index contributed by atoms with van der Waals surface area (Å²) in [5.41, 5.74) is 4.50. The fourth-order valence-corrected chi connectivity index (χ4v) is 11.4. The van der Waals surface area contributed by atoms with Gasteiger partial charge in [-0.05, 0) is 118 Å². The smallest absolute Gasteiger partial charge is 0.377 e. The molecule has 0 radical (unpaired) electrons. The van der Waals surface area contributed by atoms with E-state index in [9.17, 15) is 5.11 Å². The molecule has 3 heterocycles. The van der Waals surface area contributed by atoms with E-state index in [0.717, 1.165) is 44.3 Å². The highest BCUT2D eigenvalue weighted by molar-refractivity contribution is 7.79. The Morgan fingerprint density at radius 3 is 2.09 bits per heavy atom. The quantitative estimate of drug-likeness (QED) is 0.180. The van der Waals surface area contributed by atoms with Crippen LogP contribution in [0, 0.1) is 40.9 Å². The molecule has 10 heteroatoms. The average molecular weight is 743 g/mol.